The van der Waals surface area contributed by atoms with Gasteiger partial charge in [0.05, 0.1) is 0 Å². The van der Waals surface area contributed by atoms with Crippen molar-refractivity contribution in [1.29, 1.82) is 0 Å². The molecule has 1 saturated carbocycles. The Balaban J connectivity index is 1.62. The molecule has 2 nitrogen and oxygen atoms in total. The van der Waals surface area contributed by atoms with Crippen LogP contribution in [0.1, 0.15) is 24.5 Å². The molecule has 1 heterocycles. The number of Topliss-reactive ketones (excluding diaryl/α,β-unsaturated/α-hetero) is 1. The fourth-order valence-electron chi connectivity index (χ4n) is 2.57. The van der Waals surface area contributed by atoms with Gasteiger partial charge < -0.3 is 4.74 Å². The summed E-state index contributed by atoms with van der Waals surface area (Å²) in [6.07, 6.45) is 1.95. The molecule has 0 radical (unpaired) electrons. The number of hydrogen-bond donors (Lipinski definition) is 0. The molecule has 0 amide bonds. The van der Waals surface area contributed by atoms with Gasteiger partial charge in [0, 0.05) is 5.92 Å². The molecule has 18 heavy (non-hydrogen) atoms. The van der Waals surface area contributed by atoms with Crippen molar-refractivity contribution in [2.24, 2.45) is 5.92 Å². The first-order valence-corrected chi connectivity index (χ1v) is 6.51. The lowest BCUT2D eigenvalue weighted by Gasteiger charge is -2.00. The van der Waals surface area contributed by atoms with Crippen LogP contribution in [0.25, 0.3) is 10.8 Å². The molecule has 1 saturated heterocycles. The van der Waals surface area contributed by atoms with E-state index < -0.39 is 0 Å². The largest absolute Gasteiger partial charge is 0.356 e. The van der Waals surface area contributed by atoms with Crippen LogP contribution in [0.15, 0.2) is 42.5 Å². The minimum absolute atomic E-state index is 0.00251. The second-order valence-corrected chi connectivity index (χ2v) is 5.26. The minimum Gasteiger partial charge on any atom is -0.356 e. The predicted molar refractivity (Wildman–Crippen MR) is 69.3 cm³/mol. The van der Waals surface area contributed by atoms with Crippen LogP contribution in [0.5, 0.6) is 0 Å². The van der Waals surface area contributed by atoms with Crippen molar-refractivity contribution in [2.45, 2.75) is 25.0 Å². The molecule has 0 aromatic heterocycles. The van der Waals surface area contributed by atoms with Gasteiger partial charge in [0.15, 0.2) is 5.78 Å². The highest BCUT2D eigenvalue weighted by Crippen LogP contribution is 2.45. The first kappa shape index (κ1) is 10.3. The Labute approximate surface area is 106 Å². The van der Waals surface area contributed by atoms with Crippen LogP contribution >= 0.6 is 0 Å². The highest BCUT2D eigenvalue weighted by atomic mass is 16.6. The molecule has 0 unspecified atom stereocenters. The van der Waals surface area contributed by atoms with Crippen molar-refractivity contribution in [2.75, 3.05) is 0 Å². The van der Waals surface area contributed by atoms with Gasteiger partial charge in [-0.1, -0.05) is 36.4 Å². The molecule has 0 N–H and O–H groups in total. The second kappa shape index (κ2) is 3.66. The summed E-state index contributed by atoms with van der Waals surface area (Å²) in [5.41, 5.74) is 1.13. The van der Waals surface area contributed by atoms with Crippen LogP contribution in [0.3, 0.4) is 0 Å². The van der Waals surface area contributed by atoms with E-state index in [4.69, 9.17) is 4.74 Å². The highest BCUT2D eigenvalue weighted by molar-refractivity contribution is 5.90. The molecule has 0 bridgehead atoms. The number of hydrogen-bond acceptors (Lipinski definition) is 2. The monoisotopic (exact) mass is 238 g/mol. The van der Waals surface area contributed by atoms with Crippen LogP contribution in [0.2, 0.25) is 0 Å². The van der Waals surface area contributed by atoms with Crippen molar-refractivity contribution in [1.82, 2.24) is 0 Å². The highest BCUT2D eigenvalue weighted by Gasteiger charge is 2.50. The summed E-state index contributed by atoms with van der Waals surface area (Å²) in [5.74, 6) is 0.605. The number of fused-ring (bicyclic) bond motifs is 1. The maximum absolute atomic E-state index is 11.9. The van der Waals surface area contributed by atoms with Gasteiger partial charge in [0.1, 0.15) is 12.2 Å². The summed E-state index contributed by atoms with van der Waals surface area (Å²) in [4.78, 5) is 11.9. The number of ether oxygens (including phenoxy) is 1. The molecule has 0 spiro atoms. The van der Waals surface area contributed by atoms with Crippen molar-refractivity contribution in [3.63, 3.8) is 0 Å². The van der Waals surface area contributed by atoms with E-state index in [0.717, 1.165) is 18.4 Å². The third-order valence-corrected chi connectivity index (χ3v) is 3.85. The average Bonchev–Trinajstić information content (AvgIpc) is 3.30. The third-order valence-electron chi connectivity index (χ3n) is 3.85. The Hall–Kier alpha value is -1.67. The van der Waals surface area contributed by atoms with E-state index >= 15 is 0 Å². The number of ketones is 1. The average molecular weight is 238 g/mol. The van der Waals surface area contributed by atoms with Gasteiger partial charge >= 0.3 is 0 Å². The Morgan fingerprint density at radius 1 is 1.06 bits per heavy atom. The predicted octanol–water partition coefficient (Wildman–Crippen LogP) is 3.26. The first-order chi connectivity index (χ1) is 8.83. The van der Waals surface area contributed by atoms with Crippen LogP contribution in [0.4, 0.5) is 0 Å². The van der Waals surface area contributed by atoms with E-state index in [2.05, 4.69) is 30.3 Å². The third kappa shape index (κ3) is 1.65. The number of epoxide rings is 1. The summed E-state index contributed by atoms with van der Waals surface area (Å²) in [5, 5.41) is 2.44. The molecule has 2 fully saturated rings. The SMILES string of the molecule is O=C(C1CC1)[C@@H]1O[C@@H]1c1ccc2ccccc2c1. The number of carbonyl (C=O) groups is 1. The molecule has 2 heteroatoms. The van der Waals surface area contributed by atoms with Gasteiger partial charge in [-0.2, -0.15) is 0 Å². The molecular weight excluding hydrogens is 224 g/mol. The van der Waals surface area contributed by atoms with Gasteiger partial charge in [-0.05, 0) is 35.2 Å². The number of rotatable bonds is 3. The van der Waals surface area contributed by atoms with Crippen molar-refractivity contribution in [3.05, 3.63) is 48.0 Å². The molecule has 2 aromatic rings. The molecule has 2 atom stereocenters. The van der Waals surface area contributed by atoms with Crippen LogP contribution in [-0.4, -0.2) is 11.9 Å². The number of benzene rings is 2. The summed E-state index contributed by atoms with van der Waals surface area (Å²) in [6, 6.07) is 14.6. The van der Waals surface area contributed by atoms with Gasteiger partial charge in [-0.15, -0.1) is 0 Å². The van der Waals surface area contributed by atoms with Crippen LogP contribution in [0, 0.1) is 5.92 Å². The second-order valence-electron chi connectivity index (χ2n) is 5.26. The topological polar surface area (TPSA) is 29.6 Å². The molecule has 1 aliphatic heterocycles. The Morgan fingerprint density at radius 3 is 2.61 bits per heavy atom. The fraction of sp³-hybridized carbons (Fsp3) is 0.312. The summed E-state index contributed by atoms with van der Waals surface area (Å²) in [7, 11) is 0. The summed E-state index contributed by atoms with van der Waals surface area (Å²) >= 11 is 0. The summed E-state index contributed by atoms with van der Waals surface area (Å²) in [6.45, 7) is 0. The van der Waals surface area contributed by atoms with E-state index in [1.807, 2.05) is 12.1 Å². The molecule has 90 valence electrons. The fourth-order valence-corrected chi connectivity index (χ4v) is 2.57. The Bertz CT molecular complexity index is 628. The molecule has 2 aliphatic rings. The van der Waals surface area contributed by atoms with Gasteiger partial charge in [0.25, 0.3) is 0 Å². The first-order valence-electron chi connectivity index (χ1n) is 6.51. The maximum Gasteiger partial charge on any atom is 0.167 e. The lowest BCUT2D eigenvalue weighted by molar-refractivity contribution is -0.121. The van der Waals surface area contributed by atoms with E-state index in [0.29, 0.717) is 11.7 Å². The Morgan fingerprint density at radius 2 is 1.83 bits per heavy atom. The quantitative estimate of drug-likeness (QED) is 0.768. The number of carbonyl (C=O) groups excluding carboxylic acids is 1. The zero-order chi connectivity index (χ0) is 12.1. The zero-order valence-corrected chi connectivity index (χ0v) is 10.0. The van der Waals surface area contributed by atoms with E-state index in [-0.39, 0.29) is 12.2 Å². The summed E-state index contributed by atoms with van der Waals surface area (Å²) < 4.78 is 5.57. The van der Waals surface area contributed by atoms with Crippen molar-refractivity contribution >= 4 is 16.6 Å². The maximum atomic E-state index is 11.9. The molecule has 2 aromatic carbocycles. The minimum atomic E-state index is -0.168. The standard InChI is InChI=1S/C16H14O2/c17-14(11-6-7-11)16-15(18-16)13-8-5-10-3-1-2-4-12(10)9-13/h1-5,8-9,11,15-16H,6-7H2/t15-,16+/m1/s1. The lowest BCUT2D eigenvalue weighted by atomic mass is 10.0. The van der Waals surface area contributed by atoms with Gasteiger partial charge in [0.2, 0.25) is 0 Å². The van der Waals surface area contributed by atoms with Gasteiger partial charge in [-0.3, -0.25) is 4.79 Å². The molecular formula is C16H14O2. The molecule has 1 aliphatic carbocycles. The molecule has 4 rings (SSSR count). The van der Waals surface area contributed by atoms with Crippen LogP contribution in [-0.2, 0) is 9.53 Å². The van der Waals surface area contributed by atoms with E-state index in [9.17, 15) is 4.79 Å². The van der Waals surface area contributed by atoms with Crippen LogP contribution < -0.4 is 0 Å². The van der Waals surface area contributed by atoms with E-state index in [1.54, 1.807) is 0 Å². The normalized spacial score (nSPS) is 26.2. The zero-order valence-electron chi connectivity index (χ0n) is 10.0. The van der Waals surface area contributed by atoms with Crippen molar-refractivity contribution in [3.8, 4) is 0 Å². The Kier molecular flexibility index (Phi) is 2.09. The van der Waals surface area contributed by atoms with E-state index in [1.165, 1.54) is 10.8 Å². The lowest BCUT2D eigenvalue weighted by Crippen LogP contribution is -2.09. The smallest absolute Gasteiger partial charge is 0.167 e. The van der Waals surface area contributed by atoms with Gasteiger partial charge in [-0.25, -0.2) is 0 Å². The van der Waals surface area contributed by atoms with Crippen molar-refractivity contribution < 1.29 is 9.53 Å².